The van der Waals surface area contributed by atoms with Gasteiger partial charge in [0.05, 0.1) is 12.7 Å². The topological polar surface area (TPSA) is 24.3 Å². The minimum Gasteiger partial charge on any atom is -0.304 e. The fourth-order valence-electron chi connectivity index (χ4n) is 3.61. The van der Waals surface area contributed by atoms with E-state index in [1.807, 2.05) is 12.4 Å². The number of piperidine rings is 1. The Labute approximate surface area is 114 Å². The van der Waals surface area contributed by atoms with Gasteiger partial charge in [-0.25, -0.2) is 4.39 Å². The minimum atomic E-state index is -0.347. The van der Waals surface area contributed by atoms with E-state index < -0.39 is 0 Å². The van der Waals surface area contributed by atoms with Crippen molar-refractivity contribution in [1.82, 2.24) is 19.6 Å². The summed E-state index contributed by atoms with van der Waals surface area (Å²) in [7, 11) is 2.22. The summed E-state index contributed by atoms with van der Waals surface area (Å²) in [5.41, 5.74) is 1.21. The molecular formula is C14H23FN4. The lowest BCUT2D eigenvalue weighted by Crippen LogP contribution is -2.44. The fraction of sp³-hybridized carbons (Fsp3) is 0.786. The van der Waals surface area contributed by atoms with Crippen LogP contribution in [0.3, 0.4) is 0 Å². The van der Waals surface area contributed by atoms with Crippen LogP contribution in [0.4, 0.5) is 4.39 Å². The number of halogens is 1. The number of rotatable bonds is 4. The second-order valence-corrected chi connectivity index (χ2v) is 5.96. The van der Waals surface area contributed by atoms with Gasteiger partial charge in [-0.15, -0.1) is 0 Å². The normalized spacial score (nSPS) is 28.7. The lowest BCUT2D eigenvalue weighted by Gasteiger charge is -2.36. The largest absolute Gasteiger partial charge is 0.304 e. The first-order valence-corrected chi connectivity index (χ1v) is 7.26. The molecule has 0 amide bonds. The van der Waals surface area contributed by atoms with Crippen LogP contribution in [0.1, 0.15) is 18.4 Å². The van der Waals surface area contributed by atoms with E-state index >= 15 is 0 Å². The SMILES string of the molecule is CN1C[C@@H]2CCCN(Cc3cnn(CCF)c3)[C@@H]2C1. The standard InChI is InChI=1S/C14H23FN4/c1-17-10-13-3-2-5-18(14(13)11-17)8-12-7-16-19(9-12)6-4-15/h7,9,13-14H,2-6,8,10-11H2,1H3/t13-,14+/m0/s1. The van der Waals surface area contributed by atoms with Gasteiger partial charge < -0.3 is 4.90 Å². The van der Waals surface area contributed by atoms with E-state index in [1.54, 1.807) is 4.68 Å². The molecule has 19 heavy (non-hydrogen) atoms. The average molecular weight is 266 g/mol. The minimum absolute atomic E-state index is 0.347. The summed E-state index contributed by atoms with van der Waals surface area (Å²) in [6.45, 7) is 4.59. The van der Waals surface area contributed by atoms with Gasteiger partial charge in [-0.1, -0.05) is 0 Å². The van der Waals surface area contributed by atoms with Gasteiger partial charge in [-0.05, 0) is 32.4 Å². The Balaban J connectivity index is 1.64. The third kappa shape index (κ3) is 2.82. The Bertz CT molecular complexity index is 419. The van der Waals surface area contributed by atoms with Crippen LogP contribution in [0.5, 0.6) is 0 Å². The summed E-state index contributed by atoms with van der Waals surface area (Å²) in [4.78, 5) is 5.04. The van der Waals surface area contributed by atoms with E-state index in [0.29, 0.717) is 12.6 Å². The molecule has 2 atom stereocenters. The van der Waals surface area contributed by atoms with Crippen molar-refractivity contribution in [3.05, 3.63) is 18.0 Å². The average Bonchev–Trinajstić information content (AvgIpc) is 2.96. The number of aryl methyl sites for hydroxylation is 1. The van der Waals surface area contributed by atoms with E-state index in [-0.39, 0.29) is 6.67 Å². The third-order valence-electron chi connectivity index (χ3n) is 4.46. The molecule has 0 aliphatic carbocycles. The summed E-state index contributed by atoms with van der Waals surface area (Å²) in [5.74, 6) is 0.833. The first-order valence-electron chi connectivity index (χ1n) is 7.26. The number of likely N-dealkylation sites (tertiary alicyclic amines) is 2. The highest BCUT2D eigenvalue weighted by atomic mass is 19.1. The van der Waals surface area contributed by atoms with E-state index in [0.717, 1.165) is 12.5 Å². The second kappa shape index (κ2) is 5.59. The van der Waals surface area contributed by atoms with Crippen LogP contribution in [0.2, 0.25) is 0 Å². The van der Waals surface area contributed by atoms with Crippen LogP contribution in [-0.2, 0) is 13.1 Å². The van der Waals surface area contributed by atoms with E-state index in [1.165, 1.54) is 38.0 Å². The molecular weight excluding hydrogens is 243 g/mol. The van der Waals surface area contributed by atoms with Crippen molar-refractivity contribution in [2.24, 2.45) is 5.92 Å². The number of hydrogen-bond donors (Lipinski definition) is 0. The predicted molar refractivity (Wildman–Crippen MR) is 72.6 cm³/mol. The molecule has 3 rings (SSSR count). The Hall–Kier alpha value is -0.940. The van der Waals surface area contributed by atoms with Crippen LogP contribution >= 0.6 is 0 Å². The van der Waals surface area contributed by atoms with Gasteiger partial charge in [-0.2, -0.15) is 5.10 Å². The van der Waals surface area contributed by atoms with Gasteiger partial charge in [0.25, 0.3) is 0 Å². The summed E-state index contributed by atoms with van der Waals surface area (Å²) >= 11 is 0. The molecule has 1 aromatic rings. The maximum absolute atomic E-state index is 12.3. The molecule has 3 heterocycles. The highest BCUT2D eigenvalue weighted by molar-refractivity contribution is 5.05. The molecule has 0 aromatic carbocycles. The van der Waals surface area contributed by atoms with Crippen LogP contribution in [0.25, 0.3) is 0 Å². The zero-order chi connectivity index (χ0) is 13.2. The number of aromatic nitrogens is 2. The van der Waals surface area contributed by atoms with Crippen LogP contribution < -0.4 is 0 Å². The molecule has 0 spiro atoms. The highest BCUT2D eigenvalue weighted by Crippen LogP contribution is 2.30. The number of nitrogens with zero attached hydrogens (tertiary/aromatic N) is 4. The first-order chi connectivity index (χ1) is 9.26. The van der Waals surface area contributed by atoms with Gasteiger partial charge in [0.2, 0.25) is 0 Å². The van der Waals surface area contributed by atoms with Crippen molar-refractivity contribution in [3.63, 3.8) is 0 Å². The van der Waals surface area contributed by atoms with E-state index in [9.17, 15) is 4.39 Å². The van der Waals surface area contributed by atoms with Crippen LogP contribution in [0.15, 0.2) is 12.4 Å². The van der Waals surface area contributed by atoms with Gasteiger partial charge in [0, 0.05) is 37.4 Å². The van der Waals surface area contributed by atoms with E-state index in [2.05, 4.69) is 21.9 Å². The fourth-order valence-corrected chi connectivity index (χ4v) is 3.61. The molecule has 2 aliphatic heterocycles. The number of fused-ring (bicyclic) bond motifs is 1. The molecule has 0 unspecified atom stereocenters. The maximum atomic E-state index is 12.3. The Kier molecular flexibility index (Phi) is 3.84. The predicted octanol–water partition coefficient (Wildman–Crippen LogP) is 1.38. The molecule has 106 valence electrons. The first kappa shape index (κ1) is 13.1. The zero-order valence-corrected chi connectivity index (χ0v) is 11.6. The molecule has 2 saturated heterocycles. The van der Waals surface area contributed by atoms with Crippen LogP contribution in [0, 0.1) is 5.92 Å². The highest BCUT2D eigenvalue weighted by Gasteiger charge is 2.37. The quantitative estimate of drug-likeness (QED) is 0.823. The lowest BCUT2D eigenvalue weighted by molar-refractivity contribution is 0.116. The summed E-state index contributed by atoms with van der Waals surface area (Å²) < 4.78 is 14.0. The second-order valence-electron chi connectivity index (χ2n) is 5.96. The zero-order valence-electron chi connectivity index (χ0n) is 11.6. The van der Waals surface area contributed by atoms with Gasteiger partial charge in [-0.3, -0.25) is 9.58 Å². The molecule has 0 bridgehead atoms. The summed E-state index contributed by atoms with van der Waals surface area (Å²) in [6.07, 6.45) is 6.54. The number of likely N-dealkylation sites (N-methyl/N-ethyl adjacent to an activating group) is 1. The molecule has 0 saturated carbocycles. The van der Waals surface area contributed by atoms with Crippen molar-refractivity contribution in [2.75, 3.05) is 33.4 Å². The molecule has 4 nitrogen and oxygen atoms in total. The van der Waals surface area contributed by atoms with Gasteiger partial charge in [0.1, 0.15) is 6.67 Å². The molecule has 1 aromatic heterocycles. The smallest absolute Gasteiger partial charge is 0.109 e. The van der Waals surface area contributed by atoms with E-state index in [4.69, 9.17) is 0 Å². The van der Waals surface area contributed by atoms with Crippen molar-refractivity contribution in [3.8, 4) is 0 Å². The van der Waals surface area contributed by atoms with Gasteiger partial charge >= 0.3 is 0 Å². The van der Waals surface area contributed by atoms with Crippen molar-refractivity contribution < 1.29 is 4.39 Å². The maximum Gasteiger partial charge on any atom is 0.109 e. The molecule has 0 radical (unpaired) electrons. The Morgan fingerprint density at radius 2 is 2.32 bits per heavy atom. The Morgan fingerprint density at radius 3 is 3.16 bits per heavy atom. The van der Waals surface area contributed by atoms with Crippen LogP contribution in [-0.4, -0.2) is 59.0 Å². The van der Waals surface area contributed by atoms with Crippen molar-refractivity contribution >= 4 is 0 Å². The summed E-state index contributed by atoms with van der Waals surface area (Å²) in [5, 5.41) is 4.21. The van der Waals surface area contributed by atoms with Gasteiger partial charge in [0.15, 0.2) is 0 Å². The number of hydrogen-bond acceptors (Lipinski definition) is 3. The Morgan fingerprint density at radius 1 is 1.42 bits per heavy atom. The molecule has 0 N–H and O–H groups in total. The third-order valence-corrected chi connectivity index (χ3v) is 4.46. The molecule has 2 fully saturated rings. The summed E-state index contributed by atoms with van der Waals surface area (Å²) in [6, 6.07) is 0.697. The lowest BCUT2D eigenvalue weighted by atomic mass is 9.92. The molecule has 2 aliphatic rings. The monoisotopic (exact) mass is 266 g/mol. The van der Waals surface area contributed by atoms with Crippen molar-refractivity contribution in [1.29, 1.82) is 0 Å². The number of alkyl halides is 1. The molecule has 5 heteroatoms. The van der Waals surface area contributed by atoms with Crippen molar-refractivity contribution in [2.45, 2.75) is 32.0 Å².